The van der Waals surface area contributed by atoms with E-state index in [0.717, 1.165) is 16.5 Å². The maximum atomic E-state index is 14.1. The lowest BCUT2D eigenvalue weighted by atomic mass is 9.51. The van der Waals surface area contributed by atoms with Crippen molar-refractivity contribution in [3.8, 4) is 5.75 Å². The second-order valence-corrected chi connectivity index (χ2v) is 10.8. The Morgan fingerprint density at radius 3 is 2.49 bits per heavy atom. The second-order valence-electron chi connectivity index (χ2n) is 10.3. The molecule has 2 saturated heterocycles. The van der Waals surface area contributed by atoms with Crippen molar-refractivity contribution in [2.75, 3.05) is 4.90 Å². The molecule has 6 rings (SSSR count). The maximum absolute atomic E-state index is 14.1. The third kappa shape index (κ3) is 3.10. The largest absolute Gasteiger partial charge is 0.508 e. The van der Waals surface area contributed by atoms with Gasteiger partial charge in [-0.15, -0.1) is 0 Å². The van der Waals surface area contributed by atoms with Crippen molar-refractivity contribution < 1.29 is 33.9 Å². The first kappa shape index (κ1) is 23.8. The number of aromatic hydroxyl groups is 1. The number of hydroxylamine groups is 2. The van der Waals surface area contributed by atoms with Crippen LogP contribution in [0.5, 0.6) is 5.75 Å². The minimum Gasteiger partial charge on any atom is -0.508 e. The molecule has 4 amide bonds. The fourth-order valence-corrected chi connectivity index (χ4v) is 7.13. The molecule has 2 aromatic rings. The van der Waals surface area contributed by atoms with E-state index in [-0.39, 0.29) is 34.4 Å². The van der Waals surface area contributed by atoms with Crippen LogP contribution in [0.15, 0.2) is 54.1 Å². The van der Waals surface area contributed by atoms with Crippen molar-refractivity contribution in [1.82, 2.24) is 5.06 Å². The van der Waals surface area contributed by atoms with Crippen LogP contribution >= 0.6 is 11.6 Å². The van der Waals surface area contributed by atoms with Gasteiger partial charge in [-0.3, -0.25) is 24.4 Å². The van der Waals surface area contributed by atoms with Gasteiger partial charge < -0.3 is 5.11 Å². The number of nitrogens with zero attached hydrogens (tertiary/aromatic N) is 2. The Kier molecular flexibility index (Phi) is 5.13. The predicted molar refractivity (Wildman–Crippen MR) is 128 cm³/mol. The van der Waals surface area contributed by atoms with Crippen molar-refractivity contribution in [3.63, 3.8) is 0 Å². The summed E-state index contributed by atoms with van der Waals surface area (Å²) in [4.78, 5) is 54.5. The number of allylic oxidation sites excluding steroid dienone is 2. The van der Waals surface area contributed by atoms with Gasteiger partial charge in [0.2, 0.25) is 11.8 Å². The average molecular weight is 525 g/mol. The molecule has 2 aliphatic heterocycles. The fourth-order valence-electron chi connectivity index (χ4n) is 6.95. The van der Waals surface area contributed by atoms with E-state index in [1.807, 2.05) is 6.08 Å². The number of fused-ring (bicyclic) bond motifs is 4. The van der Waals surface area contributed by atoms with Gasteiger partial charge in [0.05, 0.1) is 33.9 Å². The molecular weight excluding hydrogens is 503 g/mol. The zero-order valence-corrected chi connectivity index (χ0v) is 20.4. The molecule has 2 aliphatic carbocycles. The summed E-state index contributed by atoms with van der Waals surface area (Å²) in [6, 6.07) is 10.0. The van der Waals surface area contributed by atoms with E-state index in [1.165, 1.54) is 24.3 Å². The normalized spacial score (nSPS) is 32.9. The van der Waals surface area contributed by atoms with E-state index < -0.39 is 64.5 Å². The third-order valence-corrected chi connectivity index (χ3v) is 8.91. The van der Waals surface area contributed by atoms with E-state index in [0.29, 0.717) is 5.56 Å². The van der Waals surface area contributed by atoms with Crippen LogP contribution in [0, 0.1) is 34.9 Å². The lowest BCUT2D eigenvalue weighted by molar-refractivity contribution is -0.173. The zero-order valence-electron chi connectivity index (χ0n) is 19.6. The topological polar surface area (TPSA) is 115 Å². The highest BCUT2D eigenvalue weighted by atomic mass is 35.5. The number of halogens is 2. The summed E-state index contributed by atoms with van der Waals surface area (Å²) in [5, 5.41) is 20.3. The number of hydrogen-bond donors (Lipinski definition) is 2. The van der Waals surface area contributed by atoms with Gasteiger partial charge in [0.1, 0.15) is 11.6 Å². The van der Waals surface area contributed by atoms with Crippen LogP contribution in [0.1, 0.15) is 31.2 Å². The van der Waals surface area contributed by atoms with Crippen LogP contribution in [0.3, 0.4) is 0 Å². The highest BCUT2D eigenvalue weighted by molar-refractivity contribution is 6.31. The number of benzene rings is 2. The molecule has 1 saturated carbocycles. The second kappa shape index (κ2) is 7.97. The van der Waals surface area contributed by atoms with Crippen LogP contribution in [0.2, 0.25) is 5.02 Å². The highest BCUT2D eigenvalue weighted by Crippen LogP contribution is 2.63. The van der Waals surface area contributed by atoms with Crippen LogP contribution in [0.25, 0.3) is 0 Å². The number of hydrogen-bond acceptors (Lipinski definition) is 6. The monoisotopic (exact) mass is 524 g/mol. The molecule has 8 nitrogen and oxygen atoms in total. The van der Waals surface area contributed by atoms with E-state index in [9.17, 15) is 33.9 Å². The quantitative estimate of drug-likeness (QED) is 0.351. The van der Waals surface area contributed by atoms with Crippen LogP contribution < -0.4 is 4.90 Å². The Labute approximate surface area is 215 Å². The van der Waals surface area contributed by atoms with Crippen molar-refractivity contribution in [3.05, 3.63) is 70.5 Å². The van der Waals surface area contributed by atoms with Gasteiger partial charge in [0, 0.05) is 5.92 Å². The van der Waals surface area contributed by atoms with Crippen LogP contribution in [-0.2, 0) is 19.2 Å². The van der Waals surface area contributed by atoms with Gasteiger partial charge in [-0.1, -0.05) is 35.4 Å². The Hall–Kier alpha value is -3.56. The van der Waals surface area contributed by atoms with Crippen molar-refractivity contribution in [2.45, 2.75) is 25.7 Å². The molecule has 0 radical (unpaired) electrons. The number of carbonyl (C=O) groups excluding carboxylic acids is 4. The minimum absolute atomic E-state index is 0.0262. The number of anilines is 1. The molecule has 10 heteroatoms. The van der Waals surface area contributed by atoms with Gasteiger partial charge in [-0.25, -0.2) is 9.29 Å². The zero-order chi connectivity index (χ0) is 26.4. The number of rotatable bonds is 2. The number of carbonyl (C=O) groups is 4. The van der Waals surface area contributed by atoms with E-state index >= 15 is 0 Å². The summed E-state index contributed by atoms with van der Waals surface area (Å²) in [6.07, 6.45) is 2.15. The standard InChI is InChI=1S/C27H22ClFN2O6/c1-27-18(24(34)30(26(27)36)13-5-8-20(29)19(28)10-13)11-17-15(22(27)12-3-2-4-14(32)9-12)6-7-16-21(17)25(35)31(37)23(16)33/h2-6,8-10,16-18,21-22,32,37H,7,11H2,1H3. The smallest absolute Gasteiger partial charge is 0.257 e. The molecule has 190 valence electrons. The molecule has 0 aromatic heterocycles. The molecule has 6 unspecified atom stereocenters. The predicted octanol–water partition coefficient (Wildman–Crippen LogP) is 3.80. The Morgan fingerprint density at radius 1 is 1.03 bits per heavy atom. The van der Waals surface area contributed by atoms with Crippen molar-refractivity contribution in [2.24, 2.45) is 29.1 Å². The lowest BCUT2D eigenvalue weighted by Crippen LogP contribution is -2.48. The number of phenolic OH excluding ortho intramolecular Hbond substituents is 1. The Bertz CT molecular complexity index is 1440. The summed E-state index contributed by atoms with van der Waals surface area (Å²) in [7, 11) is 0. The summed E-state index contributed by atoms with van der Waals surface area (Å²) >= 11 is 5.96. The first-order valence-electron chi connectivity index (χ1n) is 11.9. The average Bonchev–Trinajstić information content (AvgIpc) is 3.20. The molecule has 2 aromatic carbocycles. The Balaban J connectivity index is 1.53. The fraction of sp³-hybridized carbons (Fsp3) is 0.333. The van der Waals surface area contributed by atoms with E-state index in [1.54, 1.807) is 19.1 Å². The number of amides is 4. The molecule has 3 fully saturated rings. The maximum Gasteiger partial charge on any atom is 0.257 e. The molecule has 0 bridgehead atoms. The molecule has 6 atom stereocenters. The summed E-state index contributed by atoms with van der Waals surface area (Å²) in [5.74, 6) is -6.90. The van der Waals surface area contributed by atoms with Crippen molar-refractivity contribution in [1.29, 1.82) is 0 Å². The first-order chi connectivity index (χ1) is 17.6. The Morgan fingerprint density at radius 2 is 1.78 bits per heavy atom. The molecule has 2 N–H and O–H groups in total. The molecule has 4 aliphatic rings. The third-order valence-electron chi connectivity index (χ3n) is 8.62. The van der Waals surface area contributed by atoms with Gasteiger partial charge in [0.15, 0.2) is 0 Å². The summed E-state index contributed by atoms with van der Waals surface area (Å²) in [6.45, 7) is 1.70. The SMILES string of the molecule is CC12C(=O)N(c3ccc(F)c(Cl)c3)C(=O)C1CC1C(=CCC3C(=O)N(O)C(=O)C31)C2c1cccc(O)c1. The lowest BCUT2D eigenvalue weighted by Gasteiger charge is -2.49. The molecule has 37 heavy (non-hydrogen) atoms. The van der Waals surface area contributed by atoms with Crippen LogP contribution in [0.4, 0.5) is 10.1 Å². The highest BCUT2D eigenvalue weighted by Gasteiger charge is 2.67. The first-order valence-corrected chi connectivity index (χ1v) is 12.3. The van der Waals surface area contributed by atoms with Gasteiger partial charge in [-0.2, -0.15) is 5.06 Å². The van der Waals surface area contributed by atoms with Crippen molar-refractivity contribution >= 4 is 40.9 Å². The van der Waals surface area contributed by atoms with E-state index in [2.05, 4.69) is 0 Å². The summed E-state index contributed by atoms with van der Waals surface area (Å²) in [5.41, 5.74) is 0.142. The van der Waals surface area contributed by atoms with Gasteiger partial charge in [0.25, 0.3) is 11.8 Å². The van der Waals surface area contributed by atoms with Gasteiger partial charge in [-0.05, 0) is 61.6 Å². The van der Waals surface area contributed by atoms with Gasteiger partial charge >= 0.3 is 0 Å². The molecule has 0 spiro atoms. The molecule has 2 heterocycles. The van der Waals surface area contributed by atoms with E-state index in [4.69, 9.17) is 11.6 Å². The minimum atomic E-state index is -1.30. The van der Waals surface area contributed by atoms with Crippen LogP contribution in [-0.4, -0.2) is 39.0 Å². The summed E-state index contributed by atoms with van der Waals surface area (Å²) < 4.78 is 13.9. The molecular formula is C27H22ClFN2O6. The number of imide groups is 2. The number of phenols is 1.